The molecular weight excluding hydrogens is 222 g/mol. The quantitative estimate of drug-likeness (QED) is 0.785. The summed E-state index contributed by atoms with van der Waals surface area (Å²) >= 11 is 0. The van der Waals surface area contributed by atoms with E-state index in [1.807, 2.05) is 0 Å². The normalized spacial score (nSPS) is 10.2. The van der Waals surface area contributed by atoms with E-state index in [1.54, 1.807) is 0 Å². The maximum Gasteiger partial charge on any atom is 0.341 e. The van der Waals surface area contributed by atoms with Gasteiger partial charge in [0.1, 0.15) is 18.0 Å². The van der Waals surface area contributed by atoms with Crippen molar-refractivity contribution < 1.29 is 28.2 Å². The summed E-state index contributed by atoms with van der Waals surface area (Å²) in [6.45, 7) is 0.275. The molecule has 1 aromatic rings. The van der Waals surface area contributed by atoms with E-state index in [0.717, 1.165) is 12.1 Å². The highest BCUT2D eigenvalue weighted by molar-refractivity contribution is 5.88. The molecule has 0 amide bonds. The molecule has 16 heavy (non-hydrogen) atoms. The molecule has 0 aliphatic rings. The molecule has 0 aliphatic carbocycles. The minimum Gasteiger partial charge on any atom is -0.488 e. The van der Waals surface area contributed by atoms with Crippen molar-refractivity contribution in [3.8, 4) is 5.75 Å². The molecule has 0 spiro atoms. The van der Waals surface area contributed by atoms with Gasteiger partial charge in [-0.25, -0.2) is 13.6 Å². The van der Waals surface area contributed by atoms with Crippen LogP contribution in [0, 0.1) is 11.6 Å². The van der Waals surface area contributed by atoms with Crippen molar-refractivity contribution in [2.75, 3.05) is 20.3 Å². The summed E-state index contributed by atoms with van der Waals surface area (Å²) in [5.74, 6) is -4.34. The Morgan fingerprint density at radius 1 is 1.38 bits per heavy atom. The topological polar surface area (TPSA) is 55.8 Å². The van der Waals surface area contributed by atoms with Gasteiger partial charge in [-0.15, -0.1) is 0 Å². The van der Waals surface area contributed by atoms with Gasteiger partial charge >= 0.3 is 5.97 Å². The van der Waals surface area contributed by atoms with Crippen LogP contribution in [0.25, 0.3) is 0 Å². The van der Waals surface area contributed by atoms with Crippen molar-refractivity contribution in [1.29, 1.82) is 0 Å². The predicted molar refractivity (Wildman–Crippen MR) is 50.7 cm³/mol. The Hall–Kier alpha value is -1.69. The fourth-order valence-electron chi connectivity index (χ4n) is 1.08. The molecule has 88 valence electrons. The van der Waals surface area contributed by atoms with Crippen LogP contribution >= 0.6 is 0 Å². The third kappa shape index (κ3) is 2.66. The maximum absolute atomic E-state index is 13.4. The molecule has 0 aliphatic heterocycles. The van der Waals surface area contributed by atoms with Crippen LogP contribution in [0.5, 0.6) is 5.75 Å². The Morgan fingerprint density at radius 2 is 2.06 bits per heavy atom. The molecule has 1 rings (SSSR count). The zero-order chi connectivity index (χ0) is 12.1. The second kappa shape index (κ2) is 5.41. The van der Waals surface area contributed by atoms with E-state index >= 15 is 0 Å². The van der Waals surface area contributed by atoms with Gasteiger partial charge in [0.25, 0.3) is 0 Å². The summed E-state index contributed by atoms with van der Waals surface area (Å²) in [6.07, 6.45) is 0. The average molecular weight is 232 g/mol. The lowest BCUT2D eigenvalue weighted by atomic mass is 10.2. The highest BCUT2D eigenvalue weighted by atomic mass is 19.1. The largest absolute Gasteiger partial charge is 0.488 e. The summed E-state index contributed by atoms with van der Waals surface area (Å²) in [7, 11) is 1.44. The van der Waals surface area contributed by atoms with Gasteiger partial charge in [-0.1, -0.05) is 0 Å². The summed E-state index contributed by atoms with van der Waals surface area (Å²) in [5, 5.41) is 8.58. The molecule has 0 heterocycles. The summed E-state index contributed by atoms with van der Waals surface area (Å²) in [5.41, 5.74) is -1.02. The van der Waals surface area contributed by atoms with E-state index in [4.69, 9.17) is 9.84 Å². The minimum atomic E-state index is -1.67. The standard InChI is InChI=1S/C10H10F2O4/c1-15-4-5-16-7-3-2-6(11)8(9(7)12)10(13)14/h2-3H,4-5H2,1H3,(H,13,14). The monoisotopic (exact) mass is 232 g/mol. The third-order valence-electron chi connectivity index (χ3n) is 1.81. The Kier molecular flexibility index (Phi) is 4.19. The molecule has 0 aromatic heterocycles. The number of carboxylic acid groups (broad SMARTS) is 1. The average Bonchev–Trinajstić information content (AvgIpc) is 2.21. The molecule has 0 fully saturated rings. The van der Waals surface area contributed by atoms with Gasteiger partial charge in [-0.05, 0) is 12.1 Å². The summed E-state index contributed by atoms with van der Waals surface area (Å²) in [4.78, 5) is 10.6. The SMILES string of the molecule is COCCOc1ccc(F)c(C(=O)O)c1F. The van der Waals surface area contributed by atoms with E-state index in [1.165, 1.54) is 7.11 Å². The number of halogens is 2. The van der Waals surface area contributed by atoms with Gasteiger partial charge in [0.15, 0.2) is 11.6 Å². The van der Waals surface area contributed by atoms with E-state index in [-0.39, 0.29) is 19.0 Å². The lowest BCUT2D eigenvalue weighted by Gasteiger charge is -2.08. The van der Waals surface area contributed by atoms with Crippen LogP contribution < -0.4 is 4.74 Å². The fourth-order valence-corrected chi connectivity index (χ4v) is 1.08. The number of aromatic carboxylic acids is 1. The van der Waals surface area contributed by atoms with Crippen LogP contribution in [-0.2, 0) is 4.74 Å². The predicted octanol–water partition coefficient (Wildman–Crippen LogP) is 1.69. The highest BCUT2D eigenvalue weighted by Crippen LogP contribution is 2.23. The van der Waals surface area contributed by atoms with Crippen molar-refractivity contribution in [3.63, 3.8) is 0 Å². The van der Waals surface area contributed by atoms with Crippen LogP contribution in [0.15, 0.2) is 12.1 Å². The van der Waals surface area contributed by atoms with Crippen LogP contribution in [0.3, 0.4) is 0 Å². The van der Waals surface area contributed by atoms with Gasteiger partial charge in [0.05, 0.1) is 6.61 Å². The molecule has 1 N–H and O–H groups in total. The van der Waals surface area contributed by atoms with Crippen molar-refractivity contribution in [3.05, 3.63) is 29.3 Å². The zero-order valence-electron chi connectivity index (χ0n) is 8.50. The number of ether oxygens (including phenoxy) is 2. The first-order chi connectivity index (χ1) is 7.57. The van der Waals surface area contributed by atoms with E-state index in [2.05, 4.69) is 4.74 Å². The number of benzene rings is 1. The number of methoxy groups -OCH3 is 1. The lowest BCUT2D eigenvalue weighted by molar-refractivity contribution is 0.0684. The second-order valence-electron chi connectivity index (χ2n) is 2.88. The highest BCUT2D eigenvalue weighted by Gasteiger charge is 2.20. The van der Waals surface area contributed by atoms with E-state index in [0.29, 0.717) is 0 Å². The number of rotatable bonds is 5. The molecule has 6 heteroatoms. The van der Waals surface area contributed by atoms with Crippen LogP contribution in [0.1, 0.15) is 10.4 Å². The van der Waals surface area contributed by atoms with Crippen molar-refractivity contribution in [1.82, 2.24) is 0 Å². The zero-order valence-corrected chi connectivity index (χ0v) is 8.50. The summed E-state index contributed by atoms with van der Waals surface area (Å²) in [6, 6.07) is 1.88. The van der Waals surface area contributed by atoms with E-state index < -0.39 is 23.2 Å². The van der Waals surface area contributed by atoms with Gasteiger partial charge < -0.3 is 14.6 Å². The molecule has 0 atom stereocenters. The molecular formula is C10H10F2O4. The summed E-state index contributed by atoms with van der Waals surface area (Å²) < 4.78 is 36.0. The first-order valence-corrected chi connectivity index (χ1v) is 4.41. The van der Waals surface area contributed by atoms with E-state index in [9.17, 15) is 13.6 Å². The van der Waals surface area contributed by atoms with Crippen molar-refractivity contribution in [2.24, 2.45) is 0 Å². The molecule has 0 bridgehead atoms. The maximum atomic E-state index is 13.4. The van der Waals surface area contributed by atoms with Gasteiger partial charge in [-0.2, -0.15) is 0 Å². The molecule has 0 radical (unpaired) electrons. The Labute approximate surface area is 90.4 Å². The van der Waals surface area contributed by atoms with Crippen molar-refractivity contribution in [2.45, 2.75) is 0 Å². The number of carbonyl (C=O) groups is 1. The Balaban J connectivity index is 2.95. The molecule has 1 aromatic carbocycles. The molecule has 0 saturated carbocycles. The number of hydrogen-bond donors (Lipinski definition) is 1. The molecule has 0 unspecified atom stereocenters. The van der Waals surface area contributed by atoms with Crippen LogP contribution in [-0.4, -0.2) is 31.4 Å². The van der Waals surface area contributed by atoms with Crippen LogP contribution in [0.2, 0.25) is 0 Å². The Morgan fingerprint density at radius 3 is 2.62 bits per heavy atom. The third-order valence-corrected chi connectivity index (χ3v) is 1.81. The minimum absolute atomic E-state index is 0.0537. The number of carboxylic acids is 1. The van der Waals surface area contributed by atoms with Gasteiger partial charge in [-0.3, -0.25) is 0 Å². The first-order valence-electron chi connectivity index (χ1n) is 4.41. The van der Waals surface area contributed by atoms with Crippen molar-refractivity contribution >= 4 is 5.97 Å². The van der Waals surface area contributed by atoms with Crippen LogP contribution in [0.4, 0.5) is 8.78 Å². The Bertz CT molecular complexity index is 393. The molecule has 0 saturated heterocycles. The smallest absolute Gasteiger partial charge is 0.341 e. The lowest BCUT2D eigenvalue weighted by Crippen LogP contribution is -2.10. The fraction of sp³-hybridized carbons (Fsp3) is 0.300. The second-order valence-corrected chi connectivity index (χ2v) is 2.88. The van der Waals surface area contributed by atoms with Gasteiger partial charge in [0, 0.05) is 7.11 Å². The molecule has 4 nitrogen and oxygen atoms in total. The first kappa shape index (κ1) is 12.4. The van der Waals surface area contributed by atoms with Gasteiger partial charge in [0.2, 0.25) is 0 Å². The number of hydrogen-bond acceptors (Lipinski definition) is 3.